The Kier molecular flexibility index (Phi) is 4.09. The minimum absolute atomic E-state index is 0.00527. The number of rotatable bonds is 2. The van der Waals surface area contributed by atoms with Crippen LogP contribution in [0, 0.1) is 5.82 Å². The molecule has 7 heteroatoms. The van der Waals surface area contributed by atoms with Crippen molar-refractivity contribution in [3.8, 4) is 0 Å². The van der Waals surface area contributed by atoms with E-state index in [1.54, 1.807) is 4.68 Å². The van der Waals surface area contributed by atoms with E-state index in [2.05, 4.69) is 0 Å². The van der Waals surface area contributed by atoms with Crippen molar-refractivity contribution < 1.29 is 18.7 Å². The molecule has 0 bridgehead atoms. The molecule has 0 radical (unpaired) electrons. The lowest BCUT2D eigenvalue weighted by Gasteiger charge is -2.32. The summed E-state index contributed by atoms with van der Waals surface area (Å²) in [6.45, 7) is 0.587. The van der Waals surface area contributed by atoms with Gasteiger partial charge in [-0.15, -0.1) is 0 Å². The van der Waals surface area contributed by atoms with E-state index in [1.165, 1.54) is 25.4 Å². The molecule has 0 saturated carbocycles. The molecule has 1 aliphatic heterocycles. The Labute approximate surface area is 154 Å². The average Bonchev–Trinajstić information content (AvgIpc) is 2.65. The number of aromatic nitrogens is 1. The van der Waals surface area contributed by atoms with Crippen LogP contribution in [0.2, 0.25) is 0 Å². The molecule has 2 heterocycles. The lowest BCUT2D eigenvalue weighted by Crippen LogP contribution is -2.39. The van der Waals surface area contributed by atoms with Gasteiger partial charge < -0.3 is 9.75 Å². The number of ketones is 1. The molecule has 0 atom stereocenters. The Bertz CT molecular complexity index is 1080. The number of ether oxygens (including phenoxy) is 1. The quantitative estimate of drug-likeness (QED) is 0.758. The van der Waals surface area contributed by atoms with Crippen molar-refractivity contribution in [1.29, 1.82) is 0 Å². The molecule has 27 heavy (non-hydrogen) atoms. The summed E-state index contributed by atoms with van der Waals surface area (Å²) in [5.41, 5.74) is 1.70. The van der Waals surface area contributed by atoms with Crippen molar-refractivity contribution in [3.63, 3.8) is 0 Å². The smallest absolute Gasteiger partial charge is 0.343 e. The Balaban J connectivity index is 2.09. The van der Waals surface area contributed by atoms with Gasteiger partial charge in [0.15, 0.2) is 5.78 Å². The molecule has 0 spiro atoms. The number of halogens is 1. The van der Waals surface area contributed by atoms with Crippen LogP contribution >= 0.6 is 0 Å². The molecule has 1 aliphatic carbocycles. The average molecular weight is 370 g/mol. The fraction of sp³-hybridized carbons (Fsp3) is 0.350. The van der Waals surface area contributed by atoms with Crippen LogP contribution in [0.3, 0.4) is 0 Å². The summed E-state index contributed by atoms with van der Waals surface area (Å²) in [4.78, 5) is 36.6. The second kappa shape index (κ2) is 6.33. The van der Waals surface area contributed by atoms with E-state index in [9.17, 15) is 14.4 Å². The van der Waals surface area contributed by atoms with Gasteiger partial charge in [0.05, 0.1) is 18.0 Å². The zero-order valence-electron chi connectivity index (χ0n) is 15.2. The highest BCUT2D eigenvalue weighted by atomic mass is 19.1. The number of nitrogens with zero attached hydrogens (tertiary/aromatic N) is 2. The zero-order chi connectivity index (χ0) is 19.3. The van der Waals surface area contributed by atoms with Crippen LogP contribution in [0.25, 0.3) is 16.5 Å². The van der Waals surface area contributed by atoms with Gasteiger partial charge in [-0.3, -0.25) is 14.3 Å². The maximum Gasteiger partial charge on any atom is 0.343 e. The van der Waals surface area contributed by atoms with E-state index < -0.39 is 17.2 Å². The van der Waals surface area contributed by atoms with Crippen LogP contribution in [0.1, 0.15) is 40.7 Å². The lowest BCUT2D eigenvalue weighted by molar-refractivity contribution is -0.114. The van der Waals surface area contributed by atoms with Crippen molar-refractivity contribution in [3.05, 3.63) is 51.1 Å². The van der Waals surface area contributed by atoms with Gasteiger partial charge in [-0.2, -0.15) is 0 Å². The summed E-state index contributed by atoms with van der Waals surface area (Å²) >= 11 is 0. The van der Waals surface area contributed by atoms with E-state index >= 15 is 4.39 Å². The van der Waals surface area contributed by atoms with E-state index in [1.807, 2.05) is 12.1 Å². The molecule has 0 N–H and O–H groups in total. The molecule has 1 aromatic heterocycles. The monoisotopic (exact) mass is 370 g/mol. The molecule has 140 valence electrons. The molecule has 2 aliphatic rings. The molecule has 2 aromatic rings. The number of esters is 1. The Morgan fingerprint density at radius 2 is 2.00 bits per heavy atom. The van der Waals surface area contributed by atoms with E-state index in [0.717, 1.165) is 0 Å². The van der Waals surface area contributed by atoms with Crippen LogP contribution in [0.15, 0.2) is 23.1 Å². The summed E-state index contributed by atoms with van der Waals surface area (Å²) in [6.07, 6.45) is 5.30. The number of allylic oxidation sites excluding steroid dienone is 2. The van der Waals surface area contributed by atoms with Crippen molar-refractivity contribution >= 4 is 28.2 Å². The summed E-state index contributed by atoms with van der Waals surface area (Å²) in [5.74, 6) is -1.29. The van der Waals surface area contributed by atoms with E-state index in [4.69, 9.17) is 4.74 Å². The van der Waals surface area contributed by atoms with Gasteiger partial charge in [0.25, 0.3) is 0 Å². The highest BCUT2D eigenvalue weighted by molar-refractivity contribution is 6.01. The molecule has 4 rings (SSSR count). The van der Waals surface area contributed by atoms with Crippen LogP contribution in [-0.4, -0.2) is 37.1 Å². The number of hydrogen-bond donors (Lipinski definition) is 0. The van der Waals surface area contributed by atoms with Crippen LogP contribution in [0.5, 0.6) is 0 Å². The number of carbonyl (C=O) groups excluding carboxylic acids is 2. The lowest BCUT2D eigenvalue weighted by atomic mass is 9.87. The largest absolute Gasteiger partial charge is 0.465 e. The molecular formula is C20H19FN2O4. The first-order valence-corrected chi connectivity index (χ1v) is 8.86. The maximum atomic E-state index is 15.1. The van der Waals surface area contributed by atoms with Gasteiger partial charge in [-0.1, -0.05) is 0 Å². The number of pyridine rings is 1. The summed E-state index contributed by atoms with van der Waals surface area (Å²) in [5, 5.41) is 2.01. The Hall–Kier alpha value is -2.96. The molecule has 6 nitrogen and oxygen atoms in total. The topological polar surface area (TPSA) is 68.6 Å². The van der Waals surface area contributed by atoms with Crippen molar-refractivity contribution in [2.75, 3.05) is 25.7 Å². The minimum atomic E-state index is -0.753. The van der Waals surface area contributed by atoms with Gasteiger partial charge in [-0.25, -0.2) is 9.18 Å². The zero-order valence-corrected chi connectivity index (χ0v) is 15.2. The second-order valence-corrected chi connectivity index (χ2v) is 6.94. The van der Waals surface area contributed by atoms with E-state index in [-0.39, 0.29) is 16.7 Å². The van der Waals surface area contributed by atoms with Gasteiger partial charge in [0.1, 0.15) is 11.4 Å². The summed E-state index contributed by atoms with van der Waals surface area (Å²) in [6, 6.07) is 1.18. The van der Waals surface area contributed by atoms with Crippen LogP contribution in [-0.2, 0) is 16.0 Å². The fourth-order valence-electron chi connectivity index (χ4n) is 4.00. The molecule has 1 aromatic carbocycles. The number of hydrogen-bond acceptors (Lipinski definition) is 5. The predicted octanol–water partition coefficient (Wildman–Crippen LogP) is 2.19. The standard InChI is InChI=1S/C20H19FN2O4/c1-22-7-6-13-17(11-4-3-5-12(24)8-11)16(21)9-14-18(13)23(22)10-15(19(14)25)20(26)27-2/h8-10H,3-7H2,1-2H3. The second-order valence-electron chi connectivity index (χ2n) is 6.94. The SMILES string of the molecule is COC(=O)c1cn2c3c(c(C4=CC(=O)CCC4)c(F)cc3c1=O)CCN2C. The van der Waals surface area contributed by atoms with Crippen molar-refractivity contribution in [2.24, 2.45) is 0 Å². The number of carbonyl (C=O) groups is 2. The third kappa shape index (κ3) is 2.65. The maximum absolute atomic E-state index is 15.1. The predicted molar refractivity (Wildman–Crippen MR) is 99.1 cm³/mol. The summed E-state index contributed by atoms with van der Waals surface area (Å²) in [7, 11) is 3.04. The molecule has 0 amide bonds. The minimum Gasteiger partial charge on any atom is -0.465 e. The summed E-state index contributed by atoms with van der Waals surface area (Å²) < 4.78 is 21.5. The molecular weight excluding hydrogens is 351 g/mol. The number of methoxy groups -OCH3 is 1. The van der Waals surface area contributed by atoms with Crippen molar-refractivity contribution in [1.82, 2.24) is 4.68 Å². The van der Waals surface area contributed by atoms with Gasteiger partial charge >= 0.3 is 5.97 Å². The number of benzene rings is 1. The third-order valence-electron chi connectivity index (χ3n) is 5.31. The molecule has 0 fully saturated rings. The molecule has 0 unspecified atom stereocenters. The van der Waals surface area contributed by atoms with Crippen LogP contribution in [0.4, 0.5) is 4.39 Å². The van der Waals surface area contributed by atoms with Gasteiger partial charge in [0.2, 0.25) is 5.43 Å². The fourth-order valence-corrected chi connectivity index (χ4v) is 4.00. The highest BCUT2D eigenvalue weighted by Crippen LogP contribution is 2.35. The first-order valence-electron chi connectivity index (χ1n) is 8.86. The number of likely N-dealkylation sites (N-methyl/N-ethyl adjacent to an activating group) is 1. The van der Waals surface area contributed by atoms with Gasteiger partial charge in [0, 0.05) is 31.8 Å². The Morgan fingerprint density at radius 3 is 2.70 bits per heavy atom. The van der Waals surface area contributed by atoms with E-state index in [0.29, 0.717) is 54.4 Å². The van der Waals surface area contributed by atoms with Crippen LogP contribution < -0.4 is 10.4 Å². The van der Waals surface area contributed by atoms with Gasteiger partial charge in [-0.05, 0) is 42.5 Å². The normalized spacial score (nSPS) is 16.5. The first kappa shape index (κ1) is 17.5. The molecule has 0 saturated heterocycles. The van der Waals surface area contributed by atoms with Crippen molar-refractivity contribution in [2.45, 2.75) is 25.7 Å². The third-order valence-corrected chi connectivity index (χ3v) is 5.31. The highest BCUT2D eigenvalue weighted by Gasteiger charge is 2.28. The first-order chi connectivity index (χ1) is 12.9. The Morgan fingerprint density at radius 1 is 1.22 bits per heavy atom.